The Kier molecular flexibility index (Phi) is 6.10. The molecule has 206 valence electrons. The second kappa shape index (κ2) is 10.5. The highest BCUT2D eigenvalue weighted by Crippen LogP contribution is 2.47. The van der Waals surface area contributed by atoms with Crippen LogP contribution in [0.5, 0.6) is 0 Å². The number of anilines is 6. The zero-order valence-electron chi connectivity index (χ0n) is 23.7. The van der Waals surface area contributed by atoms with E-state index >= 15 is 0 Å². The van der Waals surface area contributed by atoms with E-state index in [9.17, 15) is 5.26 Å². The normalized spacial score (nSPS) is 11.2. The Morgan fingerprint density at radius 1 is 0.500 bits per heavy atom. The van der Waals surface area contributed by atoms with Crippen LogP contribution in [0.1, 0.15) is 5.56 Å². The molecule has 0 spiro atoms. The van der Waals surface area contributed by atoms with Gasteiger partial charge in [0.1, 0.15) is 12.1 Å². The predicted octanol–water partition coefficient (Wildman–Crippen LogP) is 10.2. The molecule has 0 atom stereocenters. The summed E-state index contributed by atoms with van der Waals surface area (Å²) in [6, 6.07) is 50.4. The maximum Gasteiger partial charge on any atom is 0.140 e. The van der Waals surface area contributed by atoms with Gasteiger partial charge in [-0.05, 0) is 88.3 Å². The van der Waals surface area contributed by atoms with E-state index in [0.717, 1.165) is 45.0 Å². The highest BCUT2D eigenvalue weighted by molar-refractivity contribution is 6.28. The highest BCUT2D eigenvalue weighted by atomic mass is 15.2. The second-order valence-electron chi connectivity index (χ2n) is 10.7. The van der Waals surface area contributed by atoms with Crippen LogP contribution in [0, 0.1) is 11.3 Å². The van der Waals surface area contributed by atoms with E-state index in [2.05, 4.69) is 111 Å². The number of hydrogen-bond acceptors (Lipinski definition) is 5. The summed E-state index contributed by atoms with van der Waals surface area (Å²) < 4.78 is 0. The largest absolute Gasteiger partial charge is 0.310 e. The molecule has 0 aliphatic heterocycles. The van der Waals surface area contributed by atoms with Crippen LogP contribution in [0.4, 0.5) is 34.3 Å². The van der Waals surface area contributed by atoms with Crippen molar-refractivity contribution in [1.82, 2.24) is 9.97 Å². The van der Waals surface area contributed by atoms with Gasteiger partial charge in [0.2, 0.25) is 0 Å². The van der Waals surface area contributed by atoms with Gasteiger partial charge < -0.3 is 4.90 Å². The highest BCUT2D eigenvalue weighted by Gasteiger charge is 2.21. The molecule has 0 saturated heterocycles. The lowest BCUT2D eigenvalue weighted by molar-refractivity contribution is 1.11. The third kappa shape index (κ3) is 4.17. The van der Waals surface area contributed by atoms with Crippen LogP contribution in [0.15, 0.2) is 152 Å². The Balaban J connectivity index is 1.40. The van der Waals surface area contributed by atoms with Crippen molar-refractivity contribution >= 4 is 66.6 Å². The monoisotopic (exact) mass is 563 g/mol. The van der Waals surface area contributed by atoms with E-state index < -0.39 is 0 Å². The van der Waals surface area contributed by atoms with Crippen molar-refractivity contribution in [2.75, 3.05) is 9.80 Å². The molecule has 0 bridgehead atoms. The van der Waals surface area contributed by atoms with Crippen LogP contribution < -0.4 is 9.80 Å². The number of rotatable bonds is 6. The lowest BCUT2D eigenvalue weighted by Crippen LogP contribution is -2.12. The summed E-state index contributed by atoms with van der Waals surface area (Å²) in [4.78, 5) is 13.3. The number of nitriles is 1. The number of nitrogens with zero attached hydrogens (tertiary/aromatic N) is 5. The van der Waals surface area contributed by atoms with Crippen molar-refractivity contribution < 1.29 is 0 Å². The quantitative estimate of drug-likeness (QED) is 0.188. The third-order valence-corrected chi connectivity index (χ3v) is 8.18. The second-order valence-corrected chi connectivity index (χ2v) is 10.7. The average Bonchev–Trinajstić information content (AvgIpc) is 3.10. The molecule has 8 aromatic rings. The minimum absolute atomic E-state index is 0.635. The van der Waals surface area contributed by atoms with E-state index in [1.807, 2.05) is 54.6 Å². The minimum Gasteiger partial charge on any atom is -0.310 e. The summed E-state index contributed by atoms with van der Waals surface area (Å²) in [5.41, 5.74) is 5.82. The van der Waals surface area contributed by atoms with Gasteiger partial charge >= 0.3 is 0 Å². The van der Waals surface area contributed by atoms with Gasteiger partial charge in [-0.25, -0.2) is 9.97 Å². The first-order valence-corrected chi connectivity index (χ1v) is 14.5. The Bertz CT molecular complexity index is 2240. The maximum atomic E-state index is 9.43. The van der Waals surface area contributed by atoms with Gasteiger partial charge in [0.15, 0.2) is 0 Å². The first-order valence-electron chi connectivity index (χ1n) is 14.5. The SMILES string of the molecule is N#Cc1ccc(N(c2ccccc2)c2ccc3ccc4c(N(c5ccccc5)c5ccncn5)ccc5ccc2c3c54)cc1. The van der Waals surface area contributed by atoms with E-state index in [0.29, 0.717) is 5.56 Å². The summed E-state index contributed by atoms with van der Waals surface area (Å²) >= 11 is 0. The van der Waals surface area contributed by atoms with Gasteiger partial charge in [-0.3, -0.25) is 4.90 Å². The molecule has 0 aliphatic rings. The number of benzene rings is 7. The molecule has 1 heterocycles. The van der Waals surface area contributed by atoms with Gasteiger partial charge in [0.05, 0.1) is 23.0 Å². The molecule has 44 heavy (non-hydrogen) atoms. The third-order valence-electron chi connectivity index (χ3n) is 8.18. The molecule has 0 fully saturated rings. The zero-order valence-corrected chi connectivity index (χ0v) is 23.7. The number of aromatic nitrogens is 2. The van der Waals surface area contributed by atoms with Gasteiger partial charge in [-0.15, -0.1) is 0 Å². The Morgan fingerprint density at radius 3 is 1.57 bits per heavy atom. The molecule has 0 unspecified atom stereocenters. The summed E-state index contributed by atoms with van der Waals surface area (Å²) in [6.45, 7) is 0. The molecule has 0 saturated carbocycles. The van der Waals surface area contributed by atoms with Crippen LogP contribution in [0.3, 0.4) is 0 Å². The van der Waals surface area contributed by atoms with Crippen molar-refractivity contribution in [1.29, 1.82) is 5.26 Å². The molecule has 5 heteroatoms. The van der Waals surface area contributed by atoms with Gasteiger partial charge in [0, 0.05) is 34.0 Å². The van der Waals surface area contributed by atoms with E-state index in [-0.39, 0.29) is 0 Å². The molecule has 5 nitrogen and oxygen atoms in total. The fraction of sp³-hybridized carbons (Fsp3) is 0. The van der Waals surface area contributed by atoms with Crippen LogP contribution in [0.2, 0.25) is 0 Å². The van der Waals surface area contributed by atoms with Gasteiger partial charge in [-0.2, -0.15) is 5.26 Å². The molecular weight excluding hydrogens is 538 g/mol. The summed E-state index contributed by atoms with van der Waals surface area (Å²) in [5, 5.41) is 16.5. The first-order chi connectivity index (χ1) is 21.8. The van der Waals surface area contributed by atoms with Gasteiger partial charge in [-0.1, -0.05) is 72.8 Å². The van der Waals surface area contributed by atoms with E-state index in [1.54, 1.807) is 12.5 Å². The van der Waals surface area contributed by atoms with Crippen molar-refractivity contribution in [3.63, 3.8) is 0 Å². The van der Waals surface area contributed by atoms with Crippen molar-refractivity contribution in [2.45, 2.75) is 0 Å². The maximum absolute atomic E-state index is 9.43. The summed E-state index contributed by atoms with van der Waals surface area (Å²) in [6.07, 6.45) is 3.37. The van der Waals surface area contributed by atoms with Crippen molar-refractivity contribution in [2.24, 2.45) is 0 Å². The van der Waals surface area contributed by atoms with Crippen LogP contribution in [-0.4, -0.2) is 9.97 Å². The zero-order chi connectivity index (χ0) is 29.5. The lowest BCUT2D eigenvalue weighted by atomic mass is 9.92. The molecule has 1 aromatic heterocycles. The molecule has 0 aliphatic carbocycles. The number of para-hydroxylation sites is 2. The van der Waals surface area contributed by atoms with E-state index in [1.165, 1.54) is 21.5 Å². The van der Waals surface area contributed by atoms with Gasteiger partial charge in [0.25, 0.3) is 0 Å². The smallest absolute Gasteiger partial charge is 0.140 e. The number of hydrogen-bond donors (Lipinski definition) is 0. The Hall–Kier alpha value is -6.25. The summed E-state index contributed by atoms with van der Waals surface area (Å²) in [5.74, 6) is 0.804. The molecule has 0 amide bonds. The van der Waals surface area contributed by atoms with Crippen molar-refractivity contribution in [3.8, 4) is 6.07 Å². The molecule has 0 N–H and O–H groups in total. The molecule has 0 radical (unpaired) electrons. The molecule has 8 rings (SSSR count). The topological polar surface area (TPSA) is 56.1 Å². The van der Waals surface area contributed by atoms with Crippen LogP contribution in [-0.2, 0) is 0 Å². The molecule has 7 aromatic carbocycles. The Labute approximate surface area is 254 Å². The van der Waals surface area contributed by atoms with Crippen LogP contribution in [0.25, 0.3) is 32.3 Å². The first kappa shape index (κ1) is 25.5. The lowest BCUT2D eigenvalue weighted by Gasteiger charge is -2.28. The van der Waals surface area contributed by atoms with Crippen molar-refractivity contribution in [3.05, 3.63) is 158 Å². The Morgan fingerprint density at radius 2 is 1.02 bits per heavy atom. The standard InChI is InChI=1S/C39H25N5/c40-25-27-11-17-32(18-12-27)43(30-7-3-1-4-8-30)35-21-15-28-14-20-34-36(22-16-29-13-19-33(35)38(28)39(29)34)44(31-9-5-2-6-10-31)37-23-24-41-26-42-37/h1-24,26H. The van der Waals surface area contributed by atoms with Crippen LogP contribution >= 0.6 is 0 Å². The fourth-order valence-electron chi connectivity index (χ4n) is 6.24. The fourth-order valence-corrected chi connectivity index (χ4v) is 6.24. The average molecular weight is 564 g/mol. The minimum atomic E-state index is 0.635. The van der Waals surface area contributed by atoms with E-state index in [4.69, 9.17) is 0 Å². The summed E-state index contributed by atoms with van der Waals surface area (Å²) in [7, 11) is 0. The predicted molar refractivity (Wildman–Crippen MR) is 180 cm³/mol. The molecular formula is C39H25N5.